The second-order valence-electron chi connectivity index (χ2n) is 15.2. The molecule has 0 N–H and O–H groups in total. The first-order chi connectivity index (χ1) is 26.0. The molecule has 11 aromatic rings. The number of hydrogen-bond acceptors (Lipinski definition) is 2. The predicted octanol–water partition coefficient (Wildman–Crippen LogP) is 15.1. The van der Waals surface area contributed by atoms with Crippen LogP contribution >= 0.6 is 11.3 Å². The molecule has 0 saturated heterocycles. The van der Waals surface area contributed by atoms with E-state index in [1.807, 2.05) is 17.4 Å². The molecule has 1 aliphatic carbocycles. The Bertz CT molecular complexity index is 3320. The van der Waals surface area contributed by atoms with Crippen molar-refractivity contribution in [3.05, 3.63) is 169 Å². The van der Waals surface area contributed by atoms with Crippen molar-refractivity contribution in [3.8, 4) is 33.4 Å². The molecular weight excluding hydrogens is 661 g/mol. The minimum absolute atomic E-state index is 0.0599. The van der Waals surface area contributed by atoms with Gasteiger partial charge in [-0.1, -0.05) is 129 Å². The van der Waals surface area contributed by atoms with Gasteiger partial charge in [0.05, 0.1) is 0 Å². The minimum atomic E-state index is -0.0599. The van der Waals surface area contributed by atoms with Gasteiger partial charge in [-0.2, -0.15) is 0 Å². The van der Waals surface area contributed by atoms with Crippen molar-refractivity contribution in [1.29, 1.82) is 0 Å². The Labute approximate surface area is 310 Å². The summed E-state index contributed by atoms with van der Waals surface area (Å²) in [7, 11) is 0. The van der Waals surface area contributed by atoms with Gasteiger partial charge in [0.25, 0.3) is 0 Å². The molecule has 1 aliphatic rings. The van der Waals surface area contributed by atoms with Crippen LogP contribution in [0.4, 0.5) is 0 Å². The molecule has 248 valence electrons. The van der Waals surface area contributed by atoms with Crippen molar-refractivity contribution in [3.63, 3.8) is 0 Å². The van der Waals surface area contributed by atoms with E-state index in [1.165, 1.54) is 108 Å². The van der Waals surface area contributed by atoms with Crippen LogP contribution in [0.15, 0.2) is 162 Å². The number of furan rings is 1. The third-order valence-electron chi connectivity index (χ3n) is 12.0. The third kappa shape index (κ3) is 3.96. The summed E-state index contributed by atoms with van der Waals surface area (Å²) in [5, 5.41) is 12.4. The highest BCUT2D eigenvalue weighted by Crippen LogP contribution is 2.51. The van der Waals surface area contributed by atoms with Gasteiger partial charge in [-0.25, -0.2) is 0 Å². The van der Waals surface area contributed by atoms with Crippen LogP contribution in [-0.4, -0.2) is 0 Å². The molecule has 0 radical (unpaired) electrons. The average molecular weight is 693 g/mol. The fourth-order valence-corrected chi connectivity index (χ4v) is 10.7. The van der Waals surface area contributed by atoms with E-state index in [1.54, 1.807) is 0 Å². The molecule has 53 heavy (non-hydrogen) atoms. The monoisotopic (exact) mass is 692 g/mol. The maximum Gasteiger partial charge on any atom is 0.143 e. The SMILES string of the molecule is CC1(C)c2ccccc2-c2ccc(-c3c4ccccc4c(-c4ccc5sc6cc7c(ccc8c9ccccc9oc78)cc6c5c4)c4ccccc34)cc21. The van der Waals surface area contributed by atoms with Crippen molar-refractivity contribution >= 4 is 85.8 Å². The fourth-order valence-electron chi connectivity index (χ4n) is 9.54. The summed E-state index contributed by atoms with van der Waals surface area (Å²) in [6, 6.07) is 58.7. The number of fused-ring (bicyclic) bond motifs is 13. The fraction of sp³-hybridized carbons (Fsp3) is 0.0588. The van der Waals surface area contributed by atoms with Gasteiger partial charge >= 0.3 is 0 Å². The quantitative estimate of drug-likeness (QED) is 0.164. The molecule has 2 heteroatoms. The number of hydrogen-bond donors (Lipinski definition) is 0. The van der Waals surface area contributed by atoms with E-state index in [9.17, 15) is 0 Å². The van der Waals surface area contributed by atoms with E-state index >= 15 is 0 Å². The molecule has 0 bridgehead atoms. The Morgan fingerprint density at radius 1 is 0.415 bits per heavy atom. The first kappa shape index (κ1) is 29.4. The molecule has 0 aliphatic heterocycles. The van der Waals surface area contributed by atoms with E-state index in [-0.39, 0.29) is 5.41 Å². The second kappa shape index (κ2) is 10.4. The van der Waals surface area contributed by atoms with E-state index in [0.717, 1.165) is 11.2 Å². The van der Waals surface area contributed by atoms with Gasteiger partial charge in [-0.15, -0.1) is 11.3 Å². The molecule has 0 amide bonds. The summed E-state index contributed by atoms with van der Waals surface area (Å²) in [6.07, 6.45) is 0. The van der Waals surface area contributed by atoms with Crippen LogP contribution in [0.3, 0.4) is 0 Å². The van der Waals surface area contributed by atoms with Gasteiger partial charge in [-0.05, 0) is 114 Å². The van der Waals surface area contributed by atoms with E-state index in [4.69, 9.17) is 4.42 Å². The molecule has 1 nitrogen and oxygen atoms in total. The highest BCUT2D eigenvalue weighted by Gasteiger charge is 2.35. The van der Waals surface area contributed by atoms with Crippen LogP contribution in [0.1, 0.15) is 25.0 Å². The molecular formula is C51H32OS. The minimum Gasteiger partial charge on any atom is -0.455 e. The van der Waals surface area contributed by atoms with Crippen LogP contribution < -0.4 is 0 Å². The highest BCUT2D eigenvalue weighted by molar-refractivity contribution is 7.25. The Kier molecular flexibility index (Phi) is 5.78. The summed E-state index contributed by atoms with van der Waals surface area (Å²) in [4.78, 5) is 0. The maximum atomic E-state index is 6.44. The molecule has 0 unspecified atom stereocenters. The van der Waals surface area contributed by atoms with Crippen LogP contribution in [0.5, 0.6) is 0 Å². The normalized spacial score (nSPS) is 13.6. The van der Waals surface area contributed by atoms with Gasteiger partial charge in [0, 0.05) is 41.7 Å². The lowest BCUT2D eigenvalue weighted by Crippen LogP contribution is -2.14. The van der Waals surface area contributed by atoms with Gasteiger partial charge in [0.1, 0.15) is 11.2 Å². The van der Waals surface area contributed by atoms with Crippen molar-refractivity contribution in [2.24, 2.45) is 0 Å². The lowest BCUT2D eigenvalue weighted by molar-refractivity contribution is 0.660. The van der Waals surface area contributed by atoms with Crippen molar-refractivity contribution < 1.29 is 4.42 Å². The summed E-state index contributed by atoms with van der Waals surface area (Å²) in [5.41, 5.74) is 12.5. The van der Waals surface area contributed by atoms with Crippen LogP contribution in [-0.2, 0) is 5.41 Å². The smallest absolute Gasteiger partial charge is 0.143 e. The molecule has 0 atom stereocenters. The number of thiophene rings is 1. The average Bonchev–Trinajstić information content (AvgIpc) is 3.83. The van der Waals surface area contributed by atoms with E-state index in [2.05, 4.69) is 166 Å². The predicted molar refractivity (Wildman–Crippen MR) is 228 cm³/mol. The first-order valence-electron chi connectivity index (χ1n) is 18.4. The lowest BCUT2D eigenvalue weighted by Gasteiger charge is -2.23. The van der Waals surface area contributed by atoms with Gasteiger partial charge < -0.3 is 4.42 Å². The largest absolute Gasteiger partial charge is 0.455 e. The van der Waals surface area contributed by atoms with Gasteiger partial charge in [-0.3, -0.25) is 0 Å². The summed E-state index contributed by atoms with van der Waals surface area (Å²) in [5.74, 6) is 0. The molecule has 2 aromatic heterocycles. The van der Waals surface area contributed by atoms with Crippen LogP contribution in [0.25, 0.3) is 108 Å². The Balaban J connectivity index is 1.08. The maximum absolute atomic E-state index is 6.44. The molecule has 0 spiro atoms. The molecule has 12 rings (SSSR count). The lowest BCUT2D eigenvalue weighted by atomic mass is 9.80. The standard InChI is InChI=1S/C51H32OS/c1-51(2)43-17-9-7-11-32(43)33-22-20-31(27-44(33)51)49-37-15-5-3-13-35(37)48(36-14-4-6-16-38(36)49)30-21-24-46-41(26-30)42-25-29-19-23-39-34-12-8-10-18-45(34)52-50(39)40(29)28-47(42)53-46/h3-28H,1-2H3. The zero-order valence-electron chi connectivity index (χ0n) is 29.3. The summed E-state index contributed by atoms with van der Waals surface area (Å²) in [6.45, 7) is 4.74. The number of rotatable bonds is 2. The number of para-hydroxylation sites is 1. The summed E-state index contributed by atoms with van der Waals surface area (Å²) < 4.78 is 9.02. The Morgan fingerprint density at radius 3 is 1.77 bits per heavy atom. The van der Waals surface area contributed by atoms with Crippen LogP contribution in [0, 0.1) is 0 Å². The first-order valence-corrected chi connectivity index (χ1v) is 19.2. The third-order valence-corrected chi connectivity index (χ3v) is 13.2. The molecule has 2 heterocycles. The van der Waals surface area contributed by atoms with Crippen molar-refractivity contribution in [2.45, 2.75) is 19.3 Å². The van der Waals surface area contributed by atoms with Crippen molar-refractivity contribution in [2.75, 3.05) is 0 Å². The zero-order chi connectivity index (χ0) is 35.0. The van der Waals surface area contributed by atoms with E-state index < -0.39 is 0 Å². The molecule has 9 aromatic carbocycles. The molecule has 0 saturated carbocycles. The van der Waals surface area contributed by atoms with Gasteiger partial charge in [0.15, 0.2) is 0 Å². The molecule has 0 fully saturated rings. The summed E-state index contributed by atoms with van der Waals surface area (Å²) >= 11 is 1.87. The van der Waals surface area contributed by atoms with E-state index in [0.29, 0.717) is 0 Å². The second-order valence-corrected chi connectivity index (χ2v) is 16.3. The number of benzene rings is 9. The topological polar surface area (TPSA) is 13.1 Å². The van der Waals surface area contributed by atoms with Gasteiger partial charge in [0.2, 0.25) is 0 Å². The Morgan fingerprint density at radius 2 is 1.02 bits per heavy atom. The van der Waals surface area contributed by atoms with Crippen molar-refractivity contribution in [1.82, 2.24) is 0 Å². The highest BCUT2D eigenvalue weighted by atomic mass is 32.1. The zero-order valence-corrected chi connectivity index (χ0v) is 30.1. The van der Waals surface area contributed by atoms with Crippen LogP contribution in [0.2, 0.25) is 0 Å². The Hall–Kier alpha value is -6.22.